The highest BCUT2D eigenvalue weighted by Gasteiger charge is 2.24. The fourth-order valence-corrected chi connectivity index (χ4v) is 5.90. The zero-order valence-corrected chi connectivity index (χ0v) is 23.0. The van der Waals surface area contributed by atoms with Gasteiger partial charge in [-0.3, -0.25) is 4.79 Å². The zero-order valence-electron chi connectivity index (χ0n) is 22.2. The highest BCUT2D eigenvalue weighted by Crippen LogP contribution is 2.37. The maximum Gasteiger partial charge on any atom is 0.348 e. The largest absolute Gasteiger partial charge is 0.477 e. The van der Waals surface area contributed by atoms with Crippen molar-refractivity contribution < 1.29 is 24.9 Å². The number of piperidine rings is 1. The second-order valence-electron chi connectivity index (χ2n) is 9.86. The number of aromatic carboxylic acids is 1. The first kappa shape index (κ1) is 28.8. The van der Waals surface area contributed by atoms with E-state index < -0.39 is 12.1 Å². The summed E-state index contributed by atoms with van der Waals surface area (Å²) in [5.41, 5.74) is 8.78. The SMILES string of the molecule is CCCc1cc(N2CCC(NCC(O)c3ccc(C(=O)NCCCO)cc3)CC2)nc2sc(C(=O)O)c(N)c12. The van der Waals surface area contributed by atoms with Crippen LogP contribution in [0.25, 0.3) is 10.2 Å². The number of amides is 1. The Morgan fingerprint density at radius 2 is 1.95 bits per heavy atom. The Hall–Kier alpha value is -3.25. The summed E-state index contributed by atoms with van der Waals surface area (Å²) in [5, 5.41) is 36.0. The van der Waals surface area contributed by atoms with Crippen molar-refractivity contribution in [2.24, 2.45) is 0 Å². The molecular weight excluding hydrogens is 518 g/mol. The highest BCUT2D eigenvalue weighted by atomic mass is 32.1. The van der Waals surface area contributed by atoms with Gasteiger partial charge in [-0.1, -0.05) is 25.5 Å². The fourth-order valence-electron chi connectivity index (χ4n) is 4.92. The van der Waals surface area contributed by atoms with Gasteiger partial charge in [-0.25, -0.2) is 9.78 Å². The van der Waals surface area contributed by atoms with E-state index in [1.165, 1.54) is 0 Å². The molecule has 3 heterocycles. The monoisotopic (exact) mass is 555 g/mol. The van der Waals surface area contributed by atoms with Gasteiger partial charge in [0.25, 0.3) is 5.91 Å². The van der Waals surface area contributed by atoms with Crippen LogP contribution in [0.4, 0.5) is 11.5 Å². The minimum atomic E-state index is -1.02. The number of nitrogen functional groups attached to an aromatic ring is 1. The Bertz CT molecular complexity index is 1290. The molecule has 39 heavy (non-hydrogen) atoms. The first-order chi connectivity index (χ1) is 18.8. The van der Waals surface area contributed by atoms with Gasteiger partial charge in [0.15, 0.2) is 0 Å². The van der Waals surface area contributed by atoms with E-state index >= 15 is 0 Å². The van der Waals surface area contributed by atoms with E-state index in [-0.39, 0.29) is 23.4 Å². The van der Waals surface area contributed by atoms with Gasteiger partial charge >= 0.3 is 5.97 Å². The van der Waals surface area contributed by atoms with E-state index in [9.17, 15) is 19.8 Å². The molecule has 1 saturated heterocycles. The van der Waals surface area contributed by atoms with Gasteiger partial charge in [-0.15, -0.1) is 11.3 Å². The van der Waals surface area contributed by atoms with Crippen LogP contribution in [0.15, 0.2) is 30.3 Å². The first-order valence-electron chi connectivity index (χ1n) is 13.4. The maximum atomic E-state index is 12.1. The van der Waals surface area contributed by atoms with Crippen LogP contribution in [0, 0.1) is 0 Å². The molecule has 1 aliphatic heterocycles. The van der Waals surface area contributed by atoms with Gasteiger partial charge < -0.3 is 36.6 Å². The topological polar surface area (TPSA) is 161 Å². The number of carboxylic acids is 1. The number of benzene rings is 1. The van der Waals surface area contributed by atoms with Crippen LogP contribution >= 0.6 is 11.3 Å². The number of nitrogens with two attached hydrogens (primary N) is 1. The Morgan fingerprint density at radius 3 is 2.59 bits per heavy atom. The molecule has 1 aliphatic rings. The first-order valence-corrected chi connectivity index (χ1v) is 14.2. The number of aliphatic hydroxyl groups is 2. The van der Waals surface area contributed by atoms with E-state index in [0.717, 1.165) is 72.4 Å². The van der Waals surface area contributed by atoms with Crippen molar-refractivity contribution in [3.8, 4) is 0 Å². The number of hydrogen-bond acceptors (Lipinski definition) is 9. The van der Waals surface area contributed by atoms with Crippen molar-refractivity contribution in [2.45, 2.75) is 51.2 Å². The lowest BCUT2D eigenvalue weighted by molar-refractivity contribution is 0.0703. The number of nitrogens with one attached hydrogen (secondary N) is 2. The molecular formula is C28H37N5O5S. The Balaban J connectivity index is 1.32. The summed E-state index contributed by atoms with van der Waals surface area (Å²) in [6, 6.07) is 9.22. The van der Waals surface area contributed by atoms with Crippen LogP contribution in [0.1, 0.15) is 69.9 Å². The quantitative estimate of drug-likeness (QED) is 0.185. The van der Waals surface area contributed by atoms with Crippen LogP contribution in [0.5, 0.6) is 0 Å². The van der Waals surface area contributed by atoms with E-state index in [1.54, 1.807) is 24.3 Å². The van der Waals surface area contributed by atoms with Gasteiger partial charge in [0.05, 0.1) is 11.8 Å². The van der Waals surface area contributed by atoms with E-state index in [0.29, 0.717) is 35.6 Å². The lowest BCUT2D eigenvalue weighted by Crippen LogP contribution is -2.44. The fraction of sp³-hybridized carbons (Fsp3) is 0.464. The molecule has 2 aromatic heterocycles. The third-order valence-corrected chi connectivity index (χ3v) is 8.17. The lowest BCUT2D eigenvalue weighted by Gasteiger charge is -2.34. The van der Waals surface area contributed by atoms with Crippen LogP contribution in [0.3, 0.4) is 0 Å². The summed E-state index contributed by atoms with van der Waals surface area (Å²) in [7, 11) is 0. The Morgan fingerprint density at radius 1 is 1.23 bits per heavy atom. The number of aliphatic hydroxyl groups excluding tert-OH is 2. The molecule has 0 saturated carbocycles. The van der Waals surface area contributed by atoms with E-state index in [1.807, 2.05) is 0 Å². The number of thiophene rings is 1. The number of anilines is 2. The summed E-state index contributed by atoms with van der Waals surface area (Å²) in [5.74, 6) is -0.373. The van der Waals surface area contributed by atoms with Crippen molar-refractivity contribution in [1.29, 1.82) is 0 Å². The number of fused-ring (bicyclic) bond motifs is 1. The van der Waals surface area contributed by atoms with Gasteiger partial charge in [-0.05, 0) is 55.0 Å². The average molecular weight is 556 g/mol. The predicted molar refractivity (Wildman–Crippen MR) is 154 cm³/mol. The molecule has 1 aromatic carbocycles. The van der Waals surface area contributed by atoms with Crippen molar-refractivity contribution in [1.82, 2.24) is 15.6 Å². The minimum Gasteiger partial charge on any atom is -0.477 e. The average Bonchev–Trinajstić information content (AvgIpc) is 3.29. The Labute approximate surface area is 231 Å². The van der Waals surface area contributed by atoms with E-state index in [2.05, 4.69) is 28.5 Å². The number of hydrogen-bond donors (Lipinski definition) is 6. The van der Waals surface area contributed by atoms with Crippen LogP contribution < -0.4 is 21.3 Å². The summed E-state index contributed by atoms with van der Waals surface area (Å²) < 4.78 is 0. The summed E-state index contributed by atoms with van der Waals surface area (Å²) in [4.78, 5) is 31.6. The normalized spacial score (nSPS) is 15.0. The molecule has 0 aliphatic carbocycles. The van der Waals surface area contributed by atoms with Crippen molar-refractivity contribution in [2.75, 3.05) is 43.4 Å². The molecule has 1 atom stereocenters. The molecule has 0 radical (unpaired) electrons. The van der Waals surface area contributed by atoms with Gasteiger partial charge in [-0.2, -0.15) is 0 Å². The summed E-state index contributed by atoms with van der Waals surface area (Å²) >= 11 is 1.13. The second kappa shape index (κ2) is 13.2. The van der Waals surface area contributed by atoms with Crippen molar-refractivity contribution in [3.05, 3.63) is 51.9 Å². The molecule has 1 fully saturated rings. The number of carbonyl (C=O) groups is 2. The van der Waals surface area contributed by atoms with Crippen LogP contribution in [-0.4, -0.2) is 71.0 Å². The molecule has 210 valence electrons. The molecule has 3 aromatic rings. The number of carboxylic acid groups (broad SMARTS) is 1. The van der Waals surface area contributed by atoms with Gasteiger partial charge in [0, 0.05) is 49.8 Å². The number of carbonyl (C=O) groups excluding carboxylic acids is 1. The molecule has 4 rings (SSSR count). The van der Waals surface area contributed by atoms with Crippen LogP contribution in [-0.2, 0) is 6.42 Å². The summed E-state index contributed by atoms with van der Waals surface area (Å²) in [6.07, 6.45) is 3.31. The lowest BCUT2D eigenvalue weighted by atomic mass is 10.0. The number of aryl methyl sites for hydroxylation is 1. The van der Waals surface area contributed by atoms with Crippen LogP contribution in [0.2, 0.25) is 0 Å². The zero-order chi connectivity index (χ0) is 27.9. The third-order valence-electron chi connectivity index (χ3n) is 7.08. The molecule has 1 unspecified atom stereocenters. The van der Waals surface area contributed by atoms with Crippen molar-refractivity contribution in [3.63, 3.8) is 0 Å². The van der Waals surface area contributed by atoms with Gasteiger partial charge in [0.1, 0.15) is 15.5 Å². The smallest absolute Gasteiger partial charge is 0.348 e. The standard InChI is InChI=1S/C28H37N5O5S/c1-2-4-19-15-22(32-27-23(19)24(29)25(39-27)28(37)38)33-12-9-20(10-13-33)31-16-21(35)17-5-7-18(8-6-17)26(36)30-11-3-14-34/h5-8,15,20-21,31,34-35H,2-4,9-14,16,29H2,1H3,(H,30,36)(H,37,38). The number of pyridine rings is 1. The minimum absolute atomic E-state index is 0.0318. The molecule has 1 amide bonds. The summed E-state index contributed by atoms with van der Waals surface area (Å²) in [6.45, 7) is 4.54. The number of rotatable bonds is 12. The second-order valence-corrected chi connectivity index (χ2v) is 10.9. The Kier molecular flexibility index (Phi) is 9.73. The molecule has 0 spiro atoms. The van der Waals surface area contributed by atoms with Gasteiger partial charge in [0.2, 0.25) is 0 Å². The molecule has 11 heteroatoms. The number of aromatic nitrogens is 1. The highest BCUT2D eigenvalue weighted by molar-refractivity contribution is 7.21. The molecule has 0 bridgehead atoms. The van der Waals surface area contributed by atoms with Crippen molar-refractivity contribution >= 4 is 44.9 Å². The van der Waals surface area contributed by atoms with E-state index in [4.69, 9.17) is 15.8 Å². The number of nitrogens with zero attached hydrogens (tertiary/aromatic N) is 2. The molecule has 10 nitrogen and oxygen atoms in total. The predicted octanol–water partition coefficient (Wildman–Crippen LogP) is 2.93. The molecule has 7 N–H and O–H groups in total. The maximum absolute atomic E-state index is 12.1. The third kappa shape index (κ3) is 6.85.